The van der Waals surface area contributed by atoms with Gasteiger partial charge >= 0.3 is 0 Å². The number of aryl methyl sites for hydroxylation is 1. The van der Waals surface area contributed by atoms with Crippen LogP contribution in [0, 0.1) is 12.7 Å². The van der Waals surface area contributed by atoms with Gasteiger partial charge in [-0.2, -0.15) is 5.10 Å². The SMILES string of the molecule is Cc1c(CNC(=O)c2cc(-c3cccs3)[nH]n2)sc2nc(-c3ccc(F)cc3)cn12. The molecule has 0 radical (unpaired) electrons. The van der Waals surface area contributed by atoms with Gasteiger partial charge in [0.1, 0.15) is 5.82 Å². The van der Waals surface area contributed by atoms with E-state index < -0.39 is 0 Å². The molecule has 0 fully saturated rings. The first-order valence-corrected chi connectivity index (χ1v) is 10.9. The zero-order valence-corrected chi connectivity index (χ0v) is 17.5. The predicted molar refractivity (Wildman–Crippen MR) is 116 cm³/mol. The molecule has 1 amide bonds. The smallest absolute Gasteiger partial charge is 0.272 e. The van der Waals surface area contributed by atoms with Gasteiger partial charge in [0.15, 0.2) is 10.7 Å². The van der Waals surface area contributed by atoms with E-state index in [1.165, 1.54) is 23.5 Å². The van der Waals surface area contributed by atoms with Gasteiger partial charge in [0.05, 0.1) is 22.8 Å². The topological polar surface area (TPSA) is 75.1 Å². The average Bonchev–Trinajstić information content (AvgIpc) is 3.52. The maximum Gasteiger partial charge on any atom is 0.272 e. The number of amides is 1. The first-order chi connectivity index (χ1) is 14.6. The van der Waals surface area contributed by atoms with Gasteiger partial charge in [-0.15, -0.1) is 11.3 Å². The molecule has 0 bridgehead atoms. The zero-order chi connectivity index (χ0) is 20.7. The lowest BCUT2D eigenvalue weighted by atomic mass is 10.2. The highest BCUT2D eigenvalue weighted by atomic mass is 32.1. The number of halogens is 1. The highest BCUT2D eigenvalue weighted by Gasteiger charge is 2.16. The maximum absolute atomic E-state index is 13.1. The van der Waals surface area contributed by atoms with Gasteiger partial charge in [0, 0.05) is 22.3 Å². The Balaban J connectivity index is 1.31. The fraction of sp³-hybridized carbons (Fsp3) is 0.0952. The van der Waals surface area contributed by atoms with Crippen LogP contribution in [0.2, 0.25) is 0 Å². The van der Waals surface area contributed by atoms with Crippen LogP contribution in [-0.4, -0.2) is 25.5 Å². The molecule has 1 aromatic carbocycles. The van der Waals surface area contributed by atoms with Crippen molar-refractivity contribution in [2.45, 2.75) is 13.5 Å². The van der Waals surface area contributed by atoms with Crippen molar-refractivity contribution in [3.8, 4) is 21.8 Å². The molecule has 9 heteroatoms. The molecule has 150 valence electrons. The van der Waals surface area contributed by atoms with Crippen LogP contribution in [0.4, 0.5) is 4.39 Å². The average molecular weight is 438 g/mol. The quantitative estimate of drug-likeness (QED) is 0.411. The highest BCUT2D eigenvalue weighted by Crippen LogP contribution is 2.27. The molecule has 30 heavy (non-hydrogen) atoms. The Hall–Kier alpha value is -3.30. The van der Waals surface area contributed by atoms with E-state index >= 15 is 0 Å². The minimum atomic E-state index is -0.270. The summed E-state index contributed by atoms with van der Waals surface area (Å²) in [5, 5.41) is 11.9. The minimum absolute atomic E-state index is 0.230. The summed E-state index contributed by atoms with van der Waals surface area (Å²) >= 11 is 3.11. The second kappa shape index (κ2) is 7.51. The van der Waals surface area contributed by atoms with E-state index in [9.17, 15) is 9.18 Å². The van der Waals surface area contributed by atoms with Crippen molar-refractivity contribution in [2.75, 3.05) is 0 Å². The summed E-state index contributed by atoms with van der Waals surface area (Å²) in [6.45, 7) is 2.39. The van der Waals surface area contributed by atoms with Gasteiger partial charge < -0.3 is 5.32 Å². The summed E-state index contributed by atoms with van der Waals surface area (Å²) in [5.41, 5.74) is 3.85. The summed E-state index contributed by atoms with van der Waals surface area (Å²) in [7, 11) is 0. The number of benzene rings is 1. The van der Waals surface area contributed by atoms with Crippen molar-refractivity contribution < 1.29 is 9.18 Å². The summed E-state index contributed by atoms with van der Waals surface area (Å²) in [6.07, 6.45) is 1.93. The van der Waals surface area contributed by atoms with Gasteiger partial charge in [-0.05, 0) is 48.7 Å². The van der Waals surface area contributed by atoms with Crippen LogP contribution in [0.3, 0.4) is 0 Å². The number of thiazole rings is 1. The number of aromatic nitrogens is 4. The lowest BCUT2D eigenvalue weighted by Gasteiger charge is -2.02. The van der Waals surface area contributed by atoms with Gasteiger partial charge in [-0.1, -0.05) is 17.4 Å². The molecule has 4 heterocycles. The first-order valence-electron chi connectivity index (χ1n) is 9.19. The standard InChI is InChI=1S/C21H16FN5OS2/c1-12-19(10-23-20(28)16-9-15(25-26-16)18-3-2-8-29-18)30-21-24-17(11-27(12)21)13-4-6-14(22)7-5-13/h2-9,11H,10H2,1H3,(H,23,28)(H,25,26). The van der Waals surface area contributed by atoms with Gasteiger partial charge in [-0.25, -0.2) is 9.37 Å². The molecular formula is C21H16FN5OS2. The molecule has 0 saturated heterocycles. The number of carbonyl (C=O) groups excluding carboxylic acids is 1. The van der Waals surface area contributed by atoms with E-state index in [0.29, 0.717) is 12.2 Å². The van der Waals surface area contributed by atoms with E-state index in [2.05, 4.69) is 20.5 Å². The van der Waals surface area contributed by atoms with Crippen molar-refractivity contribution in [2.24, 2.45) is 0 Å². The van der Waals surface area contributed by atoms with Gasteiger partial charge in [0.2, 0.25) is 0 Å². The summed E-state index contributed by atoms with van der Waals surface area (Å²) < 4.78 is 15.1. The molecule has 0 aliphatic rings. The number of H-pyrrole nitrogens is 1. The number of nitrogens with one attached hydrogen (secondary N) is 2. The number of aromatic amines is 1. The molecule has 2 N–H and O–H groups in total. The van der Waals surface area contributed by atoms with Crippen LogP contribution in [0.5, 0.6) is 0 Å². The number of imidazole rings is 1. The molecule has 0 aliphatic carbocycles. The predicted octanol–water partition coefficient (Wildman–Crippen LogP) is 4.89. The van der Waals surface area contributed by atoms with Crippen LogP contribution >= 0.6 is 22.7 Å². The van der Waals surface area contributed by atoms with Crippen LogP contribution in [0.1, 0.15) is 21.1 Å². The Labute approximate surface area is 179 Å². The molecule has 0 spiro atoms. The van der Waals surface area contributed by atoms with E-state index in [0.717, 1.165) is 37.4 Å². The van der Waals surface area contributed by atoms with Crippen molar-refractivity contribution >= 4 is 33.5 Å². The minimum Gasteiger partial charge on any atom is -0.346 e. The Morgan fingerprint density at radius 2 is 2.10 bits per heavy atom. The fourth-order valence-corrected chi connectivity index (χ4v) is 4.90. The zero-order valence-electron chi connectivity index (χ0n) is 15.8. The Morgan fingerprint density at radius 1 is 1.27 bits per heavy atom. The Kier molecular flexibility index (Phi) is 4.68. The van der Waals surface area contributed by atoms with Crippen LogP contribution < -0.4 is 5.32 Å². The number of carbonyl (C=O) groups is 1. The molecule has 5 rings (SSSR count). The third kappa shape index (κ3) is 3.42. The molecule has 5 aromatic rings. The monoisotopic (exact) mass is 437 g/mol. The van der Waals surface area contributed by atoms with Gasteiger partial charge in [0.25, 0.3) is 5.91 Å². The third-order valence-corrected chi connectivity index (χ3v) is 6.86. The van der Waals surface area contributed by atoms with Crippen molar-refractivity contribution in [3.05, 3.63) is 76.1 Å². The van der Waals surface area contributed by atoms with E-state index in [1.807, 2.05) is 35.0 Å². The largest absolute Gasteiger partial charge is 0.346 e. The van der Waals surface area contributed by atoms with Crippen LogP contribution in [-0.2, 0) is 6.54 Å². The van der Waals surface area contributed by atoms with Crippen LogP contribution in [0.25, 0.3) is 26.8 Å². The molecule has 0 saturated carbocycles. The molecular weight excluding hydrogens is 421 g/mol. The van der Waals surface area contributed by atoms with Crippen LogP contribution in [0.15, 0.2) is 54.0 Å². The number of nitrogens with zero attached hydrogens (tertiary/aromatic N) is 3. The summed E-state index contributed by atoms with van der Waals surface area (Å²) in [4.78, 5) is 20.0. The van der Waals surface area contributed by atoms with E-state index in [-0.39, 0.29) is 11.7 Å². The fourth-order valence-electron chi connectivity index (χ4n) is 3.16. The van der Waals surface area contributed by atoms with Crippen molar-refractivity contribution in [3.63, 3.8) is 0 Å². The van der Waals surface area contributed by atoms with Gasteiger partial charge in [-0.3, -0.25) is 14.3 Å². The lowest BCUT2D eigenvalue weighted by molar-refractivity contribution is 0.0946. The second-order valence-electron chi connectivity index (χ2n) is 6.72. The number of fused-ring (bicyclic) bond motifs is 1. The highest BCUT2D eigenvalue weighted by molar-refractivity contribution is 7.17. The second-order valence-corrected chi connectivity index (χ2v) is 8.73. The molecule has 0 atom stereocenters. The number of thiophene rings is 1. The number of hydrogen-bond donors (Lipinski definition) is 2. The molecule has 4 aromatic heterocycles. The first kappa shape index (κ1) is 18.7. The molecule has 0 unspecified atom stereocenters. The Morgan fingerprint density at radius 3 is 2.83 bits per heavy atom. The number of rotatable bonds is 5. The molecule has 6 nitrogen and oxygen atoms in total. The third-order valence-electron chi connectivity index (χ3n) is 4.80. The maximum atomic E-state index is 13.1. The van der Waals surface area contributed by atoms with Crippen molar-refractivity contribution in [1.29, 1.82) is 0 Å². The molecule has 0 aliphatic heterocycles. The number of hydrogen-bond acceptors (Lipinski definition) is 5. The van der Waals surface area contributed by atoms with E-state index in [1.54, 1.807) is 29.5 Å². The lowest BCUT2D eigenvalue weighted by Crippen LogP contribution is -2.23. The van der Waals surface area contributed by atoms with Crippen molar-refractivity contribution in [1.82, 2.24) is 24.9 Å². The summed E-state index contributed by atoms with van der Waals surface area (Å²) in [5.74, 6) is -0.500. The van der Waals surface area contributed by atoms with E-state index in [4.69, 9.17) is 0 Å². The summed E-state index contributed by atoms with van der Waals surface area (Å²) in [6, 6.07) is 12.0. The Bertz CT molecular complexity index is 1330. The normalized spacial score (nSPS) is 11.3.